The van der Waals surface area contributed by atoms with E-state index in [4.69, 9.17) is 0 Å². The first-order chi connectivity index (χ1) is 14.2. The summed E-state index contributed by atoms with van der Waals surface area (Å²) in [7, 11) is 2.28. The maximum Gasteiger partial charge on any atom is 0.0515 e. The van der Waals surface area contributed by atoms with Crippen LogP contribution in [0.3, 0.4) is 0 Å². The van der Waals surface area contributed by atoms with Crippen LogP contribution in [0.15, 0.2) is 36.4 Å². The molecule has 0 aliphatic rings. The first-order valence-corrected chi connectivity index (χ1v) is 12.9. The molecule has 1 N–H and O–H groups in total. The SMILES string of the molecule is CC/C=S(\C)Nc1cc(C(C)(C)C)cc(-c2cc3cccc(CC)c3n2C)c1CC. The van der Waals surface area contributed by atoms with Gasteiger partial charge in [-0.1, -0.05) is 59.7 Å². The Bertz CT molecular complexity index is 1080. The summed E-state index contributed by atoms with van der Waals surface area (Å²) < 4.78 is 6.23. The monoisotopic (exact) mass is 422 g/mol. The van der Waals surface area contributed by atoms with Gasteiger partial charge in [0.2, 0.25) is 0 Å². The van der Waals surface area contributed by atoms with Crippen molar-refractivity contribution in [1.29, 1.82) is 0 Å². The van der Waals surface area contributed by atoms with Crippen LogP contribution in [-0.4, -0.2) is 16.2 Å². The van der Waals surface area contributed by atoms with E-state index in [1.165, 1.54) is 44.5 Å². The summed E-state index contributed by atoms with van der Waals surface area (Å²) in [5, 5.41) is 3.70. The van der Waals surface area contributed by atoms with Gasteiger partial charge >= 0.3 is 0 Å². The summed E-state index contributed by atoms with van der Waals surface area (Å²) >= 11 is 0. The summed E-state index contributed by atoms with van der Waals surface area (Å²) in [5.41, 5.74) is 9.63. The molecule has 0 amide bonds. The summed E-state index contributed by atoms with van der Waals surface area (Å²) in [6, 6.07) is 13.9. The van der Waals surface area contributed by atoms with Crippen LogP contribution >= 0.6 is 10.7 Å². The molecule has 0 bridgehead atoms. The Morgan fingerprint density at radius 2 is 1.77 bits per heavy atom. The quantitative estimate of drug-likeness (QED) is 0.403. The summed E-state index contributed by atoms with van der Waals surface area (Å²) in [5.74, 6) is 0. The van der Waals surface area contributed by atoms with Gasteiger partial charge in [0.15, 0.2) is 0 Å². The van der Waals surface area contributed by atoms with Gasteiger partial charge in [0.25, 0.3) is 0 Å². The number of anilines is 1. The normalized spacial score (nSPS) is 13.2. The van der Waals surface area contributed by atoms with Gasteiger partial charge in [-0.3, -0.25) is 0 Å². The molecule has 0 saturated heterocycles. The van der Waals surface area contributed by atoms with E-state index in [1.807, 2.05) is 0 Å². The maximum absolute atomic E-state index is 3.82. The zero-order chi connectivity index (χ0) is 22.1. The van der Waals surface area contributed by atoms with Crippen molar-refractivity contribution in [2.45, 2.75) is 66.2 Å². The number of aromatic nitrogens is 1. The second-order valence-corrected chi connectivity index (χ2v) is 10.8. The predicted octanol–water partition coefficient (Wildman–Crippen LogP) is 7.71. The Hall–Kier alpha value is -2.00. The molecule has 1 aromatic heterocycles. The van der Waals surface area contributed by atoms with Crippen molar-refractivity contribution in [2.24, 2.45) is 7.05 Å². The van der Waals surface area contributed by atoms with Crippen LogP contribution in [0.1, 0.15) is 64.7 Å². The van der Waals surface area contributed by atoms with Crippen molar-refractivity contribution in [3.8, 4) is 11.3 Å². The molecule has 0 fully saturated rings. The number of benzene rings is 2. The minimum absolute atomic E-state index is 0.0604. The topological polar surface area (TPSA) is 17.0 Å². The number of fused-ring (bicyclic) bond motifs is 1. The molecular formula is C27H38N2S. The van der Waals surface area contributed by atoms with Gasteiger partial charge in [-0.2, -0.15) is 0 Å². The minimum Gasteiger partial charge on any atom is -0.343 e. The van der Waals surface area contributed by atoms with Gasteiger partial charge in [-0.15, -0.1) is 10.7 Å². The predicted molar refractivity (Wildman–Crippen MR) is 139 cm³/mol. The third-order valence-electron chi connectivity index (χ3n) is 5.95. The molecular weight excluding hydrogens is 384 g/mol. The van der Waals surface area contributed by atoms with E-state index in [-0.39, 0.29) is 16.1 Å². The van der Waals surface area contributed by atoms with Crippen molar-refractivity contribution in [2.75, 3.05) is 11.0 Å². The van der Waals surface area contributed by atoms with Gasteiger partial charge in [0.05, 0.1) is 5.52 Å². The van der Waals surface area contributed by atoms with Crippen molar-refractivity contribution < 1.29 is 0 Å². The molecule has 3 aromatic rings. The average Bonchev–Trinajstić information content (AvgIpc) is 3.03. The zero-order valence-electron chi connectivity index (χ0n) is 20.0. The number of nitrogens with zero attached hydrogens (tertiary/aromatic N) is 1. The molecule has 1 unspecified atom stereocenters. The lowest BCUT2D eigenvalue weighted by atomic mass is 9.83. The lowest BCUT2D eigenvalue weighted by Crippen LogP contribution is -2.13. The van der Waals surface area contributed by atoms with Crippen molar-refractivity contribution in [3.05, 3.63) is 53.1 Å². The van der Waals surface area contributed by atoms with Crippen LogP contribution in [0.2, 0.25) is 0 Å². The van der Waals surface area contributed by atoms with Gasteiger partial charge in [0, 0.05) is 29.4 Å². The molecule has 162 valence electrons. The lowest BCUT2D eigenvalue weighted by molar-refractivity contribution is 0.590. The lowest BCUT2D eigenvalue weighted by Gasteiger charge is -2.25. The highest BCUT2D eigenvalue weighted by Gasteiger charge is 2.21. The fourth-order valence-electron chi connectivity index (χ4n) is 4.32. The second kappa shape index (κ2) is 9.01. The van der Waals surface area contributed by atoms with E-state index in [0.29, 0.717) is 0 Å². The van der Waals surface area contributed by atoms with Crippen LogP contribution in [0.25, 0.3) is 22.2 Å². The zero-order valence-corrected chi connectivity index (χ0v) is 20.8. The third kappa shape index (κ3) is 4.37. The van der Waals surface area contributed by atoms with E-state index in [9.17, 15) is 0 Å². The number of rotatable bonds is 6. The first kappa shape index (κ1) is 22.7. The smallest absolute Gasteiger partial charge is 0.0515 e. The van der Waals surface area contributed by atoms with Crippen LogP contribution < -0.4 is 4.72 Å². The number of para-hydroxylation sites is 1. The molecule has 30 heavy (non-hydrogen) atoms. The van der Waals surface area contributed by atoms with E-state index in [0.717, 1.165) is 19.3 Å². The minimum atomic E-state index is 0.0604. The molecule has 0 aliphatic carbocycles. The fraction of sp³-hybridized carbons (Fsp3) is 0.444. The highest BCUT2D eigenvalue weighted by Crippen LogP contribution is 2.39. The Kier molecular flexibility index (Phi) is 6.81. The van der Waals surface area contributed by atoms with Crippen LogP contribution in [-0.2, 0) is 25.3 Å². The van der Waals surface area contributed by atoms with Gasteiger partial charge in [-0.25, -0.2) is 0 Å². The van der Waals surface area contributed by atoms with Gasteiger partial charge in [-0.05, 0) is 71.2 Å². The molecule has 0 aliphatic heterocycles. The number of aryl methyl sites for hydroxylation is 2. The molecule has 3 rings (SSSR count). The van der Waals surface area contributed by atoms with E-state index >= 15 is 0 Å². The Morgan fingerprint density at radius 3 is 2.37 bits per heavy atom. The molecule has 0 radical (unpaired) electrons. The standard InChI is InChI=1S/C27H38N2S/c1-9-15-30(8)28-24-18-21(27(4,5)6)17-23(22(24)11-3)25-16-20-14-12-13-19(10-2)26(20)29(25)7/h12-18,28H,9-11H2,1-8H3. The van der Waals surface area contributed by atoms with E-state index in [1.54, 1.807) is 0 Å². The molecule has 2 aromatic carbocycles. The molecule has 2 nitrogen and oxygen atoms in total. The summed E-state index contributed by atoms with van der Waals surface area (Å²) in [6.07, 6.45) is 5.42. The molecule has 0 spiro atoms. The maximum atomic E-state index is 3.82. The van der Waals surface area contributed by atoms with Crippen LogP contribution in [0.5, 0.6) is 0 Å². The van der Waals surface area contributed by atoms with Crippen molar-refractivity contribution in [1.82, 2.24) is 4.57 Å². The summed E-state index contributed by atoms with van der Waals surface area (Å²) in [6.45, 7) is 13.7. The molecule has 1 atom stereocenters. The average molecular weight is 423 g/mol. The number of hydrogen-bond acceptors (Lipinski definition) is 1. The molecule has 1 heterocycles. The first-order valence-electron chi connectivity index (χ1n) is 11.2. The van der Waals surface area contributed by atoms with Gasteiger partial charge in [0.1, 0.15) is 0 Å². The van der Waals surface area contributed by atoms with Crippen LogP contribution in [0.4, 0.5) is 5.69 Å². The van der Waals surface area contributed by atoms with Gasteiger partial charge < -0.3 is 9.29 Å². The molecule has 3 heteroatoms. The largest absolute Gasteiger partial charge is 0.343 e. The highest BCUT2D eigenvalue weighted by atomic mass is 32.2. The van der Waals surface area contributed by atoms with E-state index in [2.05, 4.69) is 106 Å². The van der Waals surface area contributed by atoms with Crippen molar-refractivity contribution in [3.63, 3.8) is 0 Å². The Balaban J connectivity index is 2.32. The summed E-state index contributed by atoms with van der Waals surface area (Å²) in [4.78, 5) is 0. The fourth-order valence-corrected chi connectivity index (χ4v) is 5.43. The second-order valence-electron chi connectivity index (χ2n) is 9.19. The van der Waals surface area contributed by atoms with E-state index < -0.39 is 0 Å². The molecule has 0 saturated carbocycles. The van der Waals surface area contributed by atoms with Crippen molar-refractivity contribution >= 4 is 32.6 Å². The number of nitrogens with one attached hydrogen (secondary N) is 1. The Morgan fingerprint density at radius 1 is 1.03 bits per heavy atom. The Labute approximate surface area is 185 Å². The highest BCUT2D eigenvalue weighted by molar-refractivity contribution is 8.15. The number of hydrogen-bond donors (Lipinski definition) is 1. The van der Waals surface area contributed by atoms with Crippen LogP contribution in [0, 0.1) is 0 Å². The third-order valence-corrected chi connectivity index (χ3v) is 7.33.